The van der Waals surface area contributed by atoms with Gasteiger partial charge in [-0.25, -0.2) is 0 Å². The number of esters is 1. The van der Waals surface area contributed by atoms with Crippen LogP contribution in [-0.4, -0.2) is 23.2 Å². The maximum Gasteiger partial charge on any atom is 0.303 e. The zero-order valence-corrected chi connectivity index (χ0v) is 12.4. The van der Waals surface area contributed by atoms with E-state index in [4.69, 9.17) is 21.1 Å². The summed E-state index contributed by atoms with van der Waals surface area (Å²) in [6.45, 7) is 5.20. The first-order valence-electron chi connectivity index (χ1n) is 6.25. The highest BCUT2D eigenvalue weighted by Gasteiger charge is 2.23. The second-order valence-corrected chi connectivity index (χ2v) is 5.49. The molecule has 2 rings (SSSR count). The first-order valence-corrected chi connectivity index (χ1v) is 6.62. The first kappa shape index (κ1) is 14.6. The Kier molecular flexibility index (Phi) is 4.14. The highest BCUT2D eigenvalue weighted by molar-refractivity contribution is 6.35. The summed E-state index contributed by atoms with van der Waals surface area (Å²) in [6.07, 6.45) is 1.68. The van der Waals surface area contributed by atoms with Crippen LogP contribution in [0.25, 0.3) is 10.9 Å². The fourth-order valence-electron chi connectivity index (χ4n) is 1.90. The number of pyridine rings is 1. The number of rotatable bonds is 4. The van der Waals surface area contributed by atoms with Gasteiger partial charge in [-0.15, -0.1) is 0 Å². The third-order valence-electron chi connectivity index (χ3n) is 2.67. The van der Waals surface area contributed by atoms with Gasteiger partial charge in [0, 0.05) is 18.5 Å². The van der Waals surface area contributed by atoms with Crippen LogP contribution in [0.15, 0.2) is 30.5 Å². The Hall–Kier alpha value is -1.81. The van der Waals surface area contributed by atoms with Gasteiger partial charge in [-0.3, -0.25) is 9.78 Å². The van der Waals surface area contributed by atoms with E-state index in [1.54, 1.807) is 32.2 Å². The molecule has 0 saturated heterocycles. The Balaban J connectivity index is 2.23. The van der Waals surface area contributed by atoms with Gasteiger partial charge in [0.15, 0.2) is 0 Å². The predicted octanol–water partition coefficient (Wildman–Crippen LogP) is 3.61. The van der Waals surface area contributed by atoms with Crippen LogP contribution in [0.4, 0.5) is 0 Å². The number of nitrogens with zero attached hydrogens (tertiary/aromatic N) is 1. The van der Waals surface area contributed by atoms with Crippen LogP contribution in [0.1, 0.15) is 20.8 Å². The van der Waals surface area contributed by atoms with Crippen molar-refractivity contribution in [2.45, 2.75) is 26.4 Å². The van der Waals surface area contributed by atoms with Crippen molar-refractivity contribution in [1.29, 1.82) is 0 Å². The first-order chi connectivity index (χ1) is 9.39. The number of aromatic nitrogens is 1. The lowest BCUT2D eigenvalue weighted by molar-refractivity contribution is -0.156. The van der Waals surface area contributed by atoms with Crippen LogP contribution < -0.4 is 4.74 Å². The Morgan fingerprint density at radius 2 is 2.10 bits per heavy atom. The van der Waals surface area contributed by atoms with E-state index < -0.39 is 5.60 Å². The second kappa shape index (κ2) is 5.67. The van der Waals surface area contributed by atoms with Crippen molar-refractivity contribution in [3.63, 3.8) is 0 Å². The molecule has 0 N–H and O–H groups in total. The Bertz CT molecular complexity index is 640. The van der Waals surface area contributed by atoms with Gasteiger partial charge in [0.05, 0.1) is 5.02 Å². The van der Waals surface area contributed by atoms with E-state index in [9.17, 15) is 4.79 Å². The van der Waals surface area contributed by atoms with Crippen LogP contribution in [0.2, 0.25) is 5.02 Å². The molecule has 0 amide bonds. The highest BCUT2D eigenvalue weighted by atomic mass is 35.5. The minimum absolute atomic E-state index is 0.236. The third kappa shape index (κ3) is 3.39. The molecule has 1 heterocycles. The fourth-order valence-corrected chi connectivity index (χ4v) is 2.11. The van der Waals surface area contributed by atoms with Gasteiger partial charge in [-0.05, 0) is 38.1 Å². The summed E-state index contributed by atoms with van der Waals surface area (Å²) in [4.78, 5) is 15.3. The van der Waals surface area contributed by atoms with Gasteiger partial charge in [-0.2, -0.15) is 0 Å². The molecule has 0 aliphatic rings. The molecule has 0 aliphatic heterocycles. The van der Waals surface area contributed by atoms with E-state index in [1.807, 2.05) is 12.1 Å². The molecule has 20 heavy (non-hydrogen) atoms. The maximum absolute atomic E-state index is 11.0. The van der Waals surface area contributed by atoms with Crippen molar-refractivity contribution < 1.29 is 14.3 Å². The lowest BCUT2D eigenvalue weighted by atomic mass is 10.1. The molecular weight excluding hydrogens is 278 g/mol. The van der Waals surface area contributed by atoms with Crippen molar-refractivity contribution in [3.05, 3.63) is 35.5 Å². The van der Waals surface area contributed by atoms with Gasteiger partial charge in [-0.1, -0.05) is 11.6 Å². The summed E-state index contributed by atoms with van der Waals surface area (Å²) in [7, 11) is 0. The van der Waals surface area contributed by atoms with Crippen LogP contribution in [0, 0.1) is 0 Å². The lowest BCUT2D eigenvalue weighted by Crippen LogP contribution is -2.34. The molecule has 0 spiro atoms. The average molecular weight is 294 g/mol. The summed E-state index contributed by atoms with van der Waals surface area (Å²) in [5, 5.41) is 1.46. The molecular formula is C15H16ClNO3. The molecule has 0 atom stereocenters. The standard InChI is InChI=1S/C15H16ClNO3/c1-10(18)20-15(2,3)9-19-13-7-6-12(16)11-5-4-8-17-14(11)13/h4-8H,9H2,1-3H3. The number of hydrogen-bond acceptors (Lipinski definition) is 4. The second-order valence-electron chi connectivity index (χ2n) is 5.09. The van der Waals surface area contributed by atoms with Gasteiger partial charge in [0.25, 0.3) is 0 Å². The van der Waals surface area contributed by atoms with Gasteiger partial charge in [0.2, 0.25) is 0 Å². The van der Waals surface area contributed by atoms with E-state index >= 15 is 0 Å². The van der Waals surface area contributed by atoms with Crippen LogP contribution >= 0.6 is 11.6 Å². The third-order valence-corrected chi connectivity index (χ3v) is 3.00. The van der Waals surface area contributed by atoms with Crippen molar-refractivity contribution in [2.75, 3.05) is 6.61 Å². The molecule has 106 valence electrons. The van der Waals surface area contributed by atoms with E-state index in [0.29, 0.717) is 16.3 Å². The molecule has 0 bridgehead atoms. The van der Waals surface area contributed by atoms with Crippen LogP contribution in [-0.2, 0) is 9.53 Å². The number of benzene rings is 1. The number of fused-ring (bicyclic) bond motifs is 1. The van der Waals surface area contributed by atoms with E-state index in [0.717, 1.165) is 5.39 Å². The summed E-state index contributed by atoms with van der Waals surface area (Å²) in [6, 6.07) is 7.23. The van der Waals surface area contributed by atoms with E-state index in [2.05, 4.69) is 4.98 Å². The van der Waals surface area contributed by atoms with Crippen LogP contribution in [0.5, 0.6) is 5.75 Å². The minimum atomic E-state index is -0.702. The van der Waals surface area contributed by atoms with E-state index in [1.165, 1.54) is 6.92 Å². The normalized spacial score (nSPS) is 11.4. The SMILES string of the molecule is CC(=O)OC(C)(C)COc1ccc(Cl)c2cccnc12. The largest absolute Gasteiger partial charge is 0.487 e. The monoisotopic (exact) mass is 293 g/mol. The number of hydrogen-bond donors (Lipinski definition) is 0. The fraction of sp³-hybridized carbons (Fsp3) is 0.333. The quantitative estimate of drug-likeness (QED) is 0.808. The Labute approximate surface area is 122 Å². The lowest BCUT2D eigenvalue weighted by Gasteiger charge is -2.24. The number of carbonyl (C=O) groups is 1. The molecule has 0 unspecified atom stereocenters. The zero-order valence-electron chi connectivity index (χ0n) is 11.6. The van der Waals surface area contributed by atoms with Crippen molar-refractivity contribution in [1.82, 2.24) is 4.98 Å². The summed E-state index contributed by atoms with van der Waals surface area (Å²) >= 11 is 6.12. The maximum atomic E-state index is 11.0. The zero-order chi connectivity index (χ0) is 14.8. The molecule has 0 radical (unpaired) electrons. The molecule has 0 fully saturated rings. The number of carbonyl (C=O) groups excluding carboxylic acids is 1. The predicted molar refractivity (Wildman–Crippen MR) is 78.1 cm³/mol. The number of ether oxygens (including phenoxy) is 2. The summed E-state index contributed by atoms with van der Waals surface area (Å²) < 4.78 is 10.9. The molecule has 5 heteroatoms. The van der Waals surface area contributed by atoms with Gasteiger partial charge in [0.1, 0.15) is 23.5 Å². The van der Waals surface area contributed by atoms with Gasteiger partial charge < -0.3 is 9.47 Å². The molecule has 4 nitrogen and oxygen atoms in total. The van der Waals surface area contributed by atoms with Crippen LogP contribution in [0.3, 0.4) is 0 Å². The number of halogens is 1. The van der Waals surface area contributed by atoms with Gasteiger partial charge >= 0.3 is 5.97 Å². The Morgan fingerprint density at radius 3 is 2.80 bits per heavy atom. The van der Waals surface area contributed by atoms with Crippen molar-refractivity contribution in [3.8, 4) is 5.75 Å². The smallest absolute Gasteiger partial charge is 0.303 e. The molecule has 1 aromatic heterocycles. The summed E-state index contributed by atoms with van der Waals surface area (Å²) in [5.41, 5.74) is -0.00864. The molecule has 2 aromatic rings. The highest BCUT2D eigenvalue weighted by Crippen LogP contribution is 2.30. The molecule has 1 aromatic carbocycles. The molecule has 0 saturated carbocycles. The minimum Gasteiger partial charge on any atom is -0.487 e. The van der Waals surface area contributed by atoms with E-state index in [-0.39, 0.29) is 12.6 Å². The Morgan fingerprint density at radius 1 is 1.35 bits per heavy atom. The van der Waals surface area contributed by atoms with Crippen molar-refractivity contribution >= 4 is 28.5 Å². The average Bonchev–Trinajstić information content (AvgIpc) is 2.37. The molecule has 0 aliphatic carbocycles. The summed E-state index contributed by atoms with van der Waals surface area (Å²) in [5.74, 6) is 0.280. The topological polar surface area (TPSA) is 48.4 Å². The van der Waals surface area contributed by atoms with Crippen molar-refractivity contribution in [2.24, 2.45) is 0 Å².